The summed E-state index contributed by atoms with van der Waals surface area (Å²) in [6.45, 7) is 6.45. The smallest absolute Gasteiger partial charge is 0.217 e. The van der Waals surface area contributed by atoms with E-state index in [1.807, 2.05) is 19.1 Å². The molecule has 0 fully saturated rings. The third-order valence-electron chi connectivity index (χ3n) is 3.07. The molecule has 0 aromatic carbocycles. The fourth-order valence-corrected chi connectivity index (χ4v) is 2.50. The maximum atomic E-state index is 6.11. The molecule has 0 aliphatic carbocycles. The molecule has 3 nitrogen and oxygen atoms in total. The lowest BCUT2D eigenvalue weighted by Gasteiger charge is -2.18. The van der Waals surface area contributed by atoms with E-state index < -0.39 is 0 Å². The number of halogens is 1. The first-order chi connectivity index (χ1) is 8.63. The van der Waals surface area contributed by atoms with Gasteiger partial charge in [-0.1, -0.05) is 24.2 Å². The van der Waals surface area contributed by atoms with Crippen molar-refractivity contribution in [1.82, 2.24) is 4.98 Å². The lowest BCUT2D eigenvalue weighted by molar-refractivity contribution is 0.318. The minimum atomic E-state index is 0.542. The number of hydrogen-bond donors (Lipinski definition) is 0. The molecule has 0 saturated carbocycles. The van der Waals surface area contributed by atoms with Crippen LogP contribution in [0.1, 0.15) is 24.6 Å². The third-order valence-corrected chi connectivity index (χ3v) is 3.39. The van der Waals surface area contributed by atoms with Crippen LogP contribution in [0.15, 0.2) is 34.4 Å². The lowest BCUT2D eigenvalue weighted by Crippen LogP contribution is -2.13. The summed E-state index contributed by atoms with van der Waals surface area (Å²) in [6, 6.07) is 4.01. The Morgan fingerprint density at radius 3 is 2.89 bits per heavy atom. The number of ether oxygens (including phenoxy) is 1. The summed E-state index contributed by atoms with van der Waals surface area (Å²) in [4.78, 5) is 8.77. The molecule has 1 aromatic heterocycles. The second-order valence-corrected chi connectivity index (χ2v) is 5.03. The number of hydrogen-bond acceptors (Lipinski definition) is 3. The molecular formula is C14H13ClN2O. The fraction of sp³-hybridized carbons (Fsp3) is 0.286. The van der Waals surface area contributed by atoms with Crippen molar-refractivity contribution in [3.05, 3.63) is 40.7 Å². The molecule has 0 unspecified atom stereocenters. The van der Waals surface area contributed by atoms with E-state index in [0.717, 1.165) is 41.0 Å². The minimum Gasteiger partial charge on any atom is -0.473 e. The SMILES string of the molecule is C=C1COc2nc(C3=C(Cl)N=C(C)C3)ccc2C1. The maximum Gasteiger partial charge on any atom is 0.217 e. The number of fused-ring (bicyclic) bond motifs is 1. The van der Waals surface area contributed by atoms with Gasteiger partial charge in [0.05, 0.1) is 5.69 Å². The number of aromatic nitrogens is 1. The van der Waals surface area contributed by atoms with Crippen molar-refractivity contribution < 1.29 is 4.74 Å². The van der Waals surface area contributed by atoms with Crippen molar-refractivity contribution in [2.45, 2.75) is 19.8 Å². The van der Waals surface area contributed by atoms with E-state index in [-0.39, 0.29) is 0 Å². The fourth-order valence-electron chi connectivity index (χ4n) is 2.19. The molecule has 0 N–H and O–H groups in total. The van der Waals surface area contributed by atoms with Gasteiger partial charge in [-0.3, -0.25) is 0 Å². The lowest BCUT2D eigenvalue weighted by atomic mass is 10.0. The van der Waals surface area contributed by atoms with Crippen LogP contribution in [0.2, 0.25) is 0 Å². The summed E-state index contributed by atoms with van der Waals surface area (Å²) in [5, 5.41) is 0.542. The van der Waals surface area contributed by atoms with Crippen LogP contribution >= 0.6 is 11.6 Å². The molecule has 3 rings (SSSR count). The molecule has 0 atom stereocenters. The minimum absolute atomic E-state index is 0.542. The van der Waals surface area contributed by atoms with Gasteiger partial charge < -0.3 is 4.74 Å². The van der Waals surface area contributed by atoms with Gasteiger partial charge in [0.2, 0.25) is 5.88 Å². The van der Waals surface area contributed by atoms with Crippen molar-refractivity contribution in [2.75, 3.05) is 6.61 Å². The molecule has 0 saturated heterocycles. The highest BCUT2D eigenvalue weighted by atomic mass is 35.5. The zero-order valence-corrected chi connectivity index (χ0v) is 10.9. The maximum absolute atomic E-state index is 6.11. The Morgan fingerprint density at radius 1 is 1.33 bits per heavy atom. The number of nitrogens with zero attached hydrogens (tertiary/aromatic N) is 2. The Balaban J connectivity index is 1.97. The molecular weight excluding hydrogens is 248 g/mol. The summed E-state index contributed by atoms with van der Waals surface area (Å²) >= 11 is 6.11. The van der Waals surface area contributed by atoms with Crippen LogP contribution < -0.4 is 4.74 Å². The molecule has 2 aliphatic heterocycles. The van der Waals surface area contributed by atoms with Gasteiger partial charge in [0, 0.05) is 29.7 Å². The summed E-state index contributed by atoms with van der Waals surface area (Å²) in [5.41, 5.74) is 5.01. The highest BCUT2D eigenvalue weighted by Gasteiger charge is 2.20. The molecule has 4 heteroatoms. The number of rotatable bonds is 1. The van der Waals surface area contributed by atoms with E-state index in [9.17, 15) is 0 Å². The first-order valence-corrected chi connectivity index (χ1v) is 6.24. The average molecular weight is 261 g/mol. The Bertz CT molecular complexity index is 602. The Morgan fingerprint density at radius 2 is 2.17 bits per heavy atom. The van der Waals surface area contributed by atoms with Crippen LogP contribution in [0.25, 0.3) is 5.57 Å². The second-order valence-electron chi connectivity index (χ2n) is 4.67. The van der Waals surface area contributed by atoms with Gasteiger partial charge in [0.25, 0.3) is 0 Å². The zero-order valence-electron chi connectivity index (χ0n) is 10.2. The number of allylic oxidation sites excluding steroid dienone is 1. The number of pyridine rings is 1. The van der Waals surface area contributed by atoms with Crippen LogP contribution in [-0.2, 0) is 6.42 Å². The summed E-state index contributed by atoms with van der Waals surface area (Å²) in [6.07, 6.45) is 1.60. The molecule has 0 spiro atoms. The first-order valence-electron chi connectivity index (χ1n) is 5.86. The van der Waals surface area contributed by atoms with Gasteiger partial charge in [-0.05, 0) is 18.6 Å². The van der Waals surface area contributed by atoms with Gasteiger partial charge in [0.1, 0.15) is 11.8 Å². The second kappa shape index (κ2) is 4.25. The average Bonchev–Trinajstić information content (AvgIpc) is 2.68. The predicted molar refractivity (Wildman–Crippen MR) is 73.1 cm³/mol. The van der Waals surface area contributed by atoms with Crippen molar-refractivity contribution in [3.8, 4) is 5.88 Å². The van der Waals surface area contributed by atoms with Gasteiger partial charge in [-0.15, -0.1) is 0 Å². The van der Waals surface area contributed by atoms with Crippen molar-refractivity contribution in [2.24, 2.45) is 4.99 Å². The molecule has 92 valence electrons. The molecule has 0 bridgehead atoms. The molecule has 0 amide bonds. The van der Waals surface area contributed by atoms with E-state index in [1.54, 1.807) is 0 Å². The topological polar surface area (TPSA) is 34.5 Å². The van der Waals surface area contributed by atoms with E-state index in [2.05, 4.69) is 16.6 Å². The Labute approximate surface area is 111 Å². The van der Waals surface area contributed by atoms with E-state index in [1.165, 1.54) is 0 Å². The van der Waals surface area contributed by atoms with Crippen molar-refractivity contribution in [1.29, 1.82) is 0 Å². The van der Waals surface area contributed by atoms with Crippen LogP contribution in [-0.4, -0.2) is 17.3 Å². The summed E-state index contributed by atoms with van der Waals surface area (Å²) in [7, 11) is 0. The van der Waals surface area contributed by atoms with Gasteiger partial charge in [0.15, 0.2) is 0 Å². The predicted octanol–water partition coefficient (Wildman–Crippen LogP) is 3.34. The summed E-state index contributed by atoms with van der Waals surface area (Å²) in [5.74, 6) is 0.696. The van der Waals surface area contributed by atoms with Crippen molar-refractivity contribution in [3.63, 3.8) is 0 Å². The molecule has 2 aliphatic rings. The van der Waals surface area contributed by atoms with Crippen molar-refractivity contribution >= 4 is 22.9 Å². The van der Waals surface area contributed by atoms with Crippen LogP contribution in [0.3, 0.4) is 0 Å². The van der Waals surface area contributed by atoms with Gasteiger partial charge >= 0.3 is 0 Å². The van der Waals surface area contributed by atoms with E-state index in [4.69, 9.17) is 16.3 Å². The number of aliphatic imine (C=N–C) groups is 1. The summed E-state index contributed by atoms with van der Waals surface area (Å²) < 4.78 is 5.58. The normalized spacial score (nSPS) is 18.6. The molecule has 0 radical (unpaired) electrons. The quantitative estimate of drug-likeness (QED) is 0.573. The molecule has 1 aromatic rings. The Kier molecular flexibility index (Phi) is 2.71. The molecule has 18 heavy (non-hydrogen) atoms. The van der Waals surface area contributed by atoms with Gasteiger partial charge in [-0.25, -0.2) is 9.98 Å². The van der Waals surface area contributed by atoms with E-state index >= 15 is 0 Å². The first kappa shape index (κ1) is 11.5. The zero-order chi connectivity index (χ0) is 12.7. The highest BCUT2D eigenvalue weighted by molar-refractivity contribution is 6.34. The monoisotopic (exact) mass is 260 g/mol. The van der Waals surface area contributed by atoms with Gasteiger partial charge in [-0.2, -0.15) is 0 Å². The van der Waals surface area contributed by atoms with Crippen LogP contribution in [0, 0.1) is 0 Å². The molecule has 3 heterocycles. The van der Waals surface area contributed by atoms with Crippen LogP contribution in [0.5, 0.6) is 5.88 Å². The third kappa shape index (κ3) is 1.95. The van der Waals surface area contributed by atoms with Crippen LogP contribution in [0.4, 0.5) is 0 Å². The highest BCUT2D eigenvalue weighted by Crippen LogP contribution is 2.33. The standard InChI is InChI=1S/C14H13ClN2O/c1-8-5-10-3-4-12(17-14(10)18-7-8)11-6-9(2)16-13(11)15/h3-4H,1,5-7H2,2H3. The Hall–Kier alpha value is -1.61. The largest absolute Gasteiger partial charge is 0.473 e. The van der Waals surface area contributed by atoms with E-state index in [0.29, 0.717) is 17.6 Å².